The molecule has 3 aromatic heterocycles. The van der Waals surface area contributed by atoms with Crippen LogP contribution in [0, 0.1) is 10.1 Å². The Bertz CT molecular complexity index is 1340. The minimum Gasteiger partial charge on any atom is -0.280 e. The molecule has 11 heteroatoms. The number of rotatable bonds is 6. The molecule has 0 saturated heterocycles. The van der Waals surface area contributed by atoms with E-state index in [0.29, 0.717) is 23.2 Å². The van der Waals surface area contributed by atoms with E-state index in [4.69, 9.17) is 0 Å². The Hall–Kier alpha value is -4.41. The molecule has 0 aliphatic carbocycles. The fraction of sp³-hybridized carbons (Fsp3) is 0.150. The summed E-state index contributed by atoms with van der Waals surface area (Å²) in [5.74, 6) is -0.537. The highest BCUT2D eigenvalue weighted by atomic mass is 16.6. The molecule has 3 heterocycles. The molecular formula is C20H17N7O4. The van der Waals surface area contributed by atoms with E-state index >= 15 is 0 Å². The minimum atomic E-state index is -0.609. The number of aromatic nitrogens is 5. The van der Waals surface area contributed by atoms with Gasteiger partial charge in [-0.05, 0) is 18.6 Å². The number of nitro groups is 1. The molecule has 0 saturated carbocycles. The van der Waals surface area contributed by atoms with Crippen molar-refractivity contribution in [1.29, 1.82) is 0 Å². The number of aromatic amines is 1. The molecule has 0 unspecified atom stereocenters. The maximum atomic E-state index is 13.2. The third-order valence-corrected chi connectivity index (χ3v) is 4.60. The van der Waals surface area contributed by atoms with Crippen LogP contribution in [-0.4, -0.2) is 35.7 Å². The zero-order valence-electron chi connectivity index (χ0n) is 16.4. The lowest BCUT2D eigenvalue weighted by atomic mass is 10.1. The summed E-state index contributed by atoms with van der Waals surface area (Å²) in [6, 6.07) is 8.82. The van der Waals surface area contributed by atoms with Gasteiger partial charge in [-0.2, -0.15) is 9.77 Å². The monoisotopic (exact) mass is 419 g/mol. The first-order chi connectivity index (χ1) is 15.0. The normalized spacial score (nSPS) is 10.9. The standard InChI is InChI=1S/C20H17N7O4/c1-2-5-15-16-17(24-23-15)20(29)26(25-19(28)13-7-4-9-21-11-13)18(22-16)12-6-3-8-14(10-12)27(30)31/h3-4,6-11H,2,5H2,1H3,(H,23,24)(H,25,28). The first-order valence-corrected chi connectivity index (χ1v) is 9.45. The number of aryl methyl sites for hydroxylation is 1. The van der Waals surface area contributed by atoms with Crippen LogP contribution in [0.25, 0.3) is 22.4 Å². The molecule has 1 amide bonds. The first kappa shape index (κ1) is 19.9. The number of nitrogens with one attached hydrogen (secondary N) is 2. The molecule has 0 bridgehead atoms. The van der Waals surface area contributed by atoms with Crippen LogP contribution in [0.2, 0.25) is 0 Å². The molecular weight excluding hydrogens is 402 g/mol. The smallest absolute Gasteiger partial charge is 0.280 e. The number of hydrogen-bond acceptors (Lipinski definition) is 7. The van der Waals surface area contributed by atoms with Crippen LogP contribution in [-0.2, 0) is 6.42 Å². The van der Waals surface area contributed by atoms with Crippen LogP contribution >= 0.6 is 0 Å². The summed E-state index contributed by atoms with van der Waals surface area (Å²) in [6.45, 7) is 1.98. The van der Waals surface area contributed by atoms with Gasteiger partial charge in [0.25, 0.3) is 11.6 Å². The molecule has 0 aliphatic rings. The Morgan fingerprint density at radius 2 is 2.10 bits per heavy atom. The van der Waals surface area contributed by atoms with Gasteiger partial charge in [-0.3, -0.25) is 35.2 Å². The van der Waals surface area contributed by atoms with Crippen LogP contribution in [0.15, 0.2) is 53.6 Å². The maximum Gasteiger partial charge on any atom is 0.301 e. The highest BCUT2D eigenvalue weighted by molar-refractivity contribution is 6.00. The van der Waals surface area contributed by atoms with Gasteiger partial charge in [0.1, 0.15) is 5.52 Å². The topological polar surface area (TPSA) is 149 Å². The van der Waals surface area contributed by atoms with Crippen LogP contribution < -0.4 is 11.0 Å². The van der Waals surface area contributed by atoms with Crippen LogP contribution in [0.4, 0.5) is 5.69 Å². The van der Waals surface area contributed by atoms with E-state index in [1.54, 1.807) is 18.2 Å². The second-order valence-corrected chi connectivity index (χ2v) is 6.72. The van der Waals surface area contributed by atoms with E-state index in [1.165, 1.54) is 30.6 Å². The van der Waals surface area contributed by atoms with Crippen molar-refractivity contribution < 1.29 is 9.72 Å². The van der Waals surface area contributed by atoms with Crippen LogP contribution in [0.3, 0.4) is 0 Å². The van der Waals surface area contributed by atoms with Crippen molar-refractivity contribution in [2.24, 2.45) is 0 Å². The largest absolute Gasteiger partial charge is 0.301 e. The summed E-state index contributed by atoms with van der Waals surface area (Å²) in [7, 11) is 0. The molecule has 0 aliphatic heterocycles. The number of carbonyl (C=O) groups excluding carboxylic acids is 1. The molecule has 4 rings (SSSR count). The lowest BCUT2D eigenvalue weighted by molar-refractivity contribution is -0.384. The zero-order valence-corrected chi connectivity index (χ0v) is 16.4. The Balaban J connectivity index is 1.93. The number of pyridine rings is 1. The predicted octanol–water partition coefficient (Wildman–Crippen LogP) is 2.43. The maximum absolute atomic E-state index is 13.2. The second-order valence-electron chi connectivity index (χ2n) is 6.72. The summed E-state index contributed by atoms with van der Waals surface area (Å²) in [5, 5.41) is 18.1. The predicted molar refractivity (Wildman–Crippen MR) is 112 cm³/mol. The molecule has 11 nitrogen and oxygen atoms in total. The van der Waals surface area contributed by atoms with E-state index < -0.39 is 16.4 Å². The lowest BCUT2D eigenvalue weighted by Crippen LogP contribution is -2.35. The third-order valence-electron chi connectivity index (χ3n) is 4.60. The number of amides is 1. The molecule has 1 aromatic carbocycles. The number of fused-ring (bicyclic) bond motifs is 1. The average Bonchev–Trinajstić information content (AvgIpc) is 3.19. The second kappa shape index (κ2) is 8.14. The van der Waals surface area contributed by atoms with Crippen molar-refractivity contribution in [3.8, 4) is 11.4 Å². The molecule has 0 fully saturated rings. The van der Waals surface area contributed by atoms with Gasteiger partial charge in [-0.1, -0.05) is 25.5 Å². The fourth-order valence-electron chi connectivity index (χ4n) is 3.14. The lowest BCUT2D eigenvalue weighted by Gasteiger charge is -2.13. The van der Waals surface area contributed by atoms with E-state index in [1.807, 2.05) is 6.92 Å². The molecule has 4 aromatic rings. The molecule has 31 heavy (non-hydrogen) atoms. The van der Waals surface area contributed by atoms with Gasteiger partial charge in [-0.15, -0.1) is 0 Å². The average molecular weight is 419 g/mol. The van der Waals surface area contributed by atoms with Gasteiger partial charge in [0.2, 0.25) is 0 Å². The summed E-state index contributed by atoms with van der Waals surface area (Å²) >= 11 is 0. The van der Waals surface area contributed by atoms with Crippen LogP contribution in [0.5, 0.6) is 0 Å². The highest BCUT2D eigenvalue weighted by Crippen LogP contribution is 2.23. The SMILES string of the molecule is CCCc1[nH]nc2c(=O)n(NC(=O)c3cccnc3)c(-c3cccc([N+](=O)[O-])c3)nc12. The van der Waals surface area contributed by atoms with Crippen molar-refractivity contribution in [1.82, 2.24) is 24.8 Å². The molecule has 0 radical (unpaired) electrons. The van der Waals surface area contributed by atoms with E-state index in [-0.39, 0.29) is 22.6 Å². The Morgan fingerprint density at radius 1 is 1.26 bits per heavy atom. The Morgan fingerprint density at radius 3 is 2.81 bits per heavy atom. The number of H-pyrrole nitrogens is 1. The zero-order chi connectivity index (χ0) is 22.0. The van der Waals surface area contributed by atoms with Crippen molar-refractivity contribution in [2.75, 3.05) is 5.43 Å². The van der Waals surface area contributed by atoms with Gasteiger partial charge in [-0.25, -0.2) is 4.98 Å². The van der Waals surface area contributed by atoms with Gasteiger partial charge in [0.05, 0.1) is 16.2 Å². The summed E-state index contributed by atoms with van der Waals surface area (Å²) in [5.41, 5.74) is 3.36. The van der Waals surface area contributed by atoms with E-state index in [0.717, 1.165) is 11.1 Å². The van der Waals surface area contributed by atoms with Crippen molar-refractivity contribution in [2.45, 2.75) is 19.8 Å². The summed E-state index contributed by atoms with van der Waals surface area (Å²) < 4.78 is 0.952. The fourth-order valence-corrected chi connectivity index (χ4v) is 3.14. The van der Waals surface area contributed by atoms with Crippen LogP contribution in [0.1, 0.15) is 29.4 Å². The van der Waals surface area contributed by atoms with Gasteiger partial charge >= 0.3 is 5.56 Å². The number of nitro benzene ring substituents is 1. The summed E-state index contributed by atoms with van der Waals surface area (Å²) in [6.07, 6.45) is 4.28. The number of hydrogen-bond donors (Lipinski definition) is 2. The van der Waals surface area contributed by atoms with Gasteiger partial charge in [0.15, 0.2) is 11.3 Å². The van der Waals surface area contributed by atoms with Crippen molar-refractivity contribution in [3.05, 3.63) is 80.5 Å². The van der Waals surface area contributed by atoms with Crippen molar-refractivity contribution in [3.63, 3.8) is 0 Å². The first-order valence-electron chi connectivity index (χ1n) is 9.45. The molecule has 156 valence electrons. The van der Waals surface area contributed by atoms with Crippen molar-refractivity contribution >= 4 is 22.6 Å². The molecule has 0 atom stereocenters. The summed E-state index contributed by atoms with van der Waals surface area (Å²) in [4.78, 5) is 45.0. The number of nitrogens with zero attached hydrogens (tertiary/aromatic N) is 5. The van der Waals surface area contributed by atoms with Gasteiger partial charge < -0.3 is 0 Å². The van der Waals surface area contributed by atoms with E-state index in [2.05, 4.69) is 25.6 Å². The van der Waals surface area contributed by atoms with Gasteiger partial charge in [0, 0.05) is 30.1 Å². The Kier molecular flexibility index (Phi) is 5.22. The van der Waals surface area contributed by atoms with E-state index in [9.17, 15) is 19.7 Å². The quantitative estimate of drug-likeness (QED) is 0.360. The number of benzene rings is 1. The highest BCUT2D eigenvalue weighted by Gasteiger charge is 2.21. The number of carbonyl (C=O) groups is 1. The molecule has 0 spiro atoms. The Labute approximate surface area is 174 Å². The minimum absolute atomic E-state index is 0.0530. The number of non-ortho nitro benzene ring substituents is 1. The third kappa shape index (κ3) is 3.75. The molecule has 2 N–H and O–H groups in total.